The van der Waals surface area contributed by atoms with Gasteiger partial charge in [0.15, 0.2) is 18.9 Å². The zero-order chi connectivity index (χ0) is 65.4. The number of ether oxygens (including phenoxy) is 6. The number of hydrogen-bond donors (Lipinski definition) is 12. The van der Waals surface area contributed by atoms with Crippen molar-refractivity contribution >= 4 is 5.91 Å². The summed E-state index contributed by atoms with van der Waals surface area (Å²) in [5, 5.41) is 120. The molecule has 12 N–H and O–H groups in total. The second kappa shape index (κ2) is 52.3. The van der Waals surface area contributed by atoms with E-state index in [1.165, 1.54) is 103 Å². The van der Waals surface area contributed by atoms with Crippen molar-refractivity contribution in [3.05, 3.63) is 85.1 Å². The molecule has 0 aromatic carbocycles. The first kappa shape index (κ1) is 81.2. The number of rotatable bonds is 52. The van der Waals surface area contributed by atoms with E-state index >= 15 is 0 Å². The Kier molecular flexibility index (Phi) is 47.2. The zero-order valence-corrected chi connectivity index (χ0v) is 54.8. The molecule has 17 atom stereocenters. The lowest BCUT2D eigenvalue weighted by atomic mass is 9.96. The Balaban J connectivity index is 1.20. The molecule has 0 spiro atoms. The van der Waals surface area contributed by atoms with Crippen molar-refractivity contribution in [2.24, 2.45) is 0 Å². The van der Waals surface area contributed by atoms with Crippen LogP contribution in [-0.2, 0) is 33.2 Å². The molecule has 17 unspecified atom stereocenters. The van der Waals surface area contributed by atoms with Gasteiger partial charge in [-0.05, 0) is 70.6 Å². The predicted octanol–water partition coefficient (Wildman–Crippen LogP) is 9.10. The van der Waals surface area contributed by atoms with Crippen LogP contribution in [-0.4, -0.2) is 193 Å². The van der Waals surface area contributed by atoms with Gasteiger partial charge in [0, 0.05) is 6.42 Å². The Morgan fingerprint density at radius 3 is 1.19 bits per heavy atom. The fourth-order valence-electron chi connectivity index (χ4n) is 11.4. The van der Waals surface area contributed by atoms with E-state index in [1.54, 1.807) is 0 Å². The van der Waals surface area contributed by atoms with Crippen molar-refractivity contribution in [3.8, 4) is 0 Å². The quantitative estimate of drug-likeness (QED) is 0.0200. The molecule has 3 saturated heterocycles. The van der Waals surface area contributed by atoms with E-state index in [2.05, 4.69) is 104 Å². The van der Waals surface area contributed by atoms with E-state index in [9.17, 15) is 61.0 Å². The molecule has 0 radical (unpaired) electrons. The Morgan fingerprint density at radius 1 is 0.411 bits per heavy atom. The summed E-state index contributed by atoms with van der Waals surface area (Å²) in [6.07, 6.45) is 40.9. The SMILES string of the molecule is CC/C=C\C/C=C\C/C=C\C/C=C\C/C=C\C/C=C\C/C=C\CCCCCCCCCCCCCCCCCCCCCC(=O)NC(COC1OC(CO)C(OC2OC(CO)C(OC3OC(CO)C(O)C(O)C3O)C(O)C2O)C(O)C1O)C(O)CCCCCC. The summed E-state index contributed by atoms with van der Waals surface area (Å²) in [6.45, 7) is 1.53. The highest BCUT2D eigenvalue weighted by molar-refractivity contribution is 5.76. The van der Waals surface area contributed by atoms with Gasteiger partial charge in [-0.3, -0.25) is 4.79 Å². The fourth-order valence-corrected chi connectivity index (χ4v) is 11.4. The number of aliphatic hydroxyl groups is 11. The molecule has 3 aliphatic rings. The molecule has 3 aliphatic heterocycles. The van der Waals surface area contributed by atoms with Gasteiger partial charge in [0.25, 0.3) is 0 Å². The first-order valence-corrected chi connectivity index (χ1v) is 34.8. The maximum absolute atomic E-state index is 13.2. The third kappa shape index (κ3) is 33.9. The van der Waals surface area contributed by atoms with Crippen LogP contribution in [0.5, 0.6) is 0 Å². The lowest BCUT2D eigenvalue weighted by Gasteiger charge is -2.48. The summed E-state index contributed by atoms with van der Waals surface area (Å²) in [7, 11) is 0. The van der Waals surface area contributed by atoms with Gasteiger partial charge in [0.05, 0.1) is 38.6 Å². The molecule has 0 aromatic rings. The van der Waals surface area contributed by atoms with Crippen molar-refractivity contribution in [3.63, 3.8) is 0 Å². The second-order valence-corrected chi connectivity index (χ2v) is 24.6. The Labute approximate surface area is 540 Å². The number of carbonyl (C=O) groups is 1. The predicted molar refractivity (Wildman–Crippen MR) is 351 cm³/mol. The topological polar surface area (TPSA) is 307 Å². The summed E-state index contributed by atoms with van der Waals surface area (Å²) in [4.78, 5) is 13.2. The van der Waals surface area contributed by atoms with Crippen LogP contribution in [0.4, 0.5) is 0 Å². The van der Waals surface area contributed by atoms with Crippen LogP contribution in [0.25, 0.3) is 0 Å². The largest absolute Gasteiger partial charge is 0.394 e. The van der Waals surface area contributed by atoms with Crippen molar-refractivity contribution in [2.45, 2.75) is 330 Å². The first-order chi connectivity index (χ1) is 43.8. The molecule has 0 bridgehead atoms. The van der Waals surface area contributed by atoms with Gasteiger partial charge < -0.3 is 89.9 Å². The highest BCUT2D eigenvalue weighted by Crippen LogP contribution is 2.33. The number of carbonyl (C=O) groups excluding carboxylic acids is 1. The summed E-state index contributed by atoms with van der Waals surface area (Å²) < 4.78 is 34.1. The molecule has 3 fully saturated rings. The van der Waals surface area contributed by atoms with Crippen LogP contribution >= 0.6 is 0 Å². The van der Waals surface area contributed by atoms with E-state index in [4.69, 9.17) is 28.4 Å². The first-order valence-electron chi connectivity index (χ1n) is 34.8. The highest BCUT2D eigenvalue weighted by atomic mass is 16.8. The van der Waals surface area contributed by atoms with Crippen molar-refractivity contribution in [1.29, 1.82) is 0 Å². The normalized spacial score (nSPS) is 28.6. The van der Waals surface area contributed by atoms with E-state index < -0.39 is 124 Å². The smallest absolute Gasteiger partial charge is 0.220 e. The van der Waals surface area contributed by atoms with Crippen molar-refractivity contribution < 1.29 is 89.4 Å². The summed E-state index contributed by atoms with van der Waals surface area (Å²) in [6, 6.07) is -0.884. The number of allylic oxidation sites excluding steroid dienone is 14. The highest BCUT2D eigenvalue weighted by Gasteiger charge is 2.53. The molecule has 3 heterocycles. The monoisotopic (exact) mass is 1280 g/mol. The van der Waals surface area contributed by atoms with Crippen LogP contribution in [0.1, 0.15) is 226 Å². The van der Waals surface area contributed by atoms with Gasteiger partial charge >= 0.3 is 0 Å². The van der Waals surface area contributed by atoms with Gasteiger partial charge in [-0.2, -0.15) is 0 Å². The third-order valence-electron chi connectivity index (χ3n) is 17.0. The van der Waals surface area contributed by atoms with Crippen molar-refractivity contribution in [1.82, 2.24) is 5.32 Å². The molecule has 90 heavy (non-hydrogen) atoms. The van der Waals surface area contributed by atoms with Gasteiger partial charge in [-0.1, -0.05) is 234 Å². The Morgan fingerprint density at radius 2 is 0.767 bits per heavy atom. The minimum absolute atomic E-state index is 0.253. The summed E-state index contributed by atoms with van der Waals surface area (Å²) >= 11 is 0. The Hall–Kier alpha value is -3.03. The van der Waals surface area contributed by atoms with Crippen molar-refractivity contribution in [2.75, 3.05) is 26.4 Å². The minimum Gasteiger partial charge on any atom is -0.394 e. The van der Waals surface area contributed by atoms with Gasteiger partial charge in [-0.25, -0.2) is 0 Å². The standard InChI is InChI=1S/C71H123NO18/c1-3-5-7-9-10-11-12-13-14-15-16-17-18-19-20-21-22-23-24-25-26-27-28-29-30-31-32-33-34-35-36-37-38-39-40-41-42-43-44-45-47-49-59(77)72-54(55(76)48-46-8-6-4-2)53-85-69-65(83)62(80)67(57(51-74)87-69)90-71-66(84)63(81)68(58(52-75)88-71)89-70-64(82)61(79)60(78)56(50-73)86-70/h5,7,10-11,13-14,16-17,19-20,22-23,25-26,54-58,60-71,73-76,78-84H,3-4,6,8-9,12,15,18,21,24,27-53H2,1-2H3,(H,72,77)/b7-5-,11-10-,14-13-,17-16-,20-19-,23-22-,26-25-. The molecular formula is C71H123NO18. The molecule has 19 heteroatoms. The summed E-state index contributed by atoms with van der Waals surface area (Å²) in [5.41, 5.74) is 0. The maximum Gasteiger partial charge on any atom is 0.220 e. The molecule has 0 saturated carbocycles. The number of unbranched alkanes of at least 4 members (excludes halogenated alkanes) is 22. The fraction of sp³-hybridized carbons (Fsp3) is 0.789. The molecule has 3 rings (SSSR count). The van der Waals surface area contributed by atoms with Crippen LogP contribution in [0, 0.1) is 0 Å². The van der Waals surface area contributed by atoms with E-state index in [-0.39, 0.29) is 18.9 Å². The summed E-state index contributed by atoms with van der Waals surface area (Å²) in [5.74, 6) is -0.253. The molecule has 19 nitrogen and oxygen atoms in total. The number of hydrogen-bond acceptors (Lipinski definition) is 18. The van der Waals surface area contributed by atoms with Crippen LogP contribution in [0.2, 0.25) is 0 Å². The van der Waals surface area contributed by atoms with Gasteiger partial charge in [0.2, 0.25) is 5.91 Å². The van der Waals surface area contributed by atoms with Gasteiger partial charge in [0.1, 0.15) is 73.2 Å². The van der Waals surface area contributed by atoms with E-state index in [0.29, 0.717) is 19.3 Å². The van der Waals surface area contributed by atoms with Crippen LogP contribution < -0.4 is 5.32 Å². The van der Waals surface area contributed by atoms with E-state index in [0.717, 1.165) is 83.5 Å². The molecule has 1 amide bonds. The van der Waals surface area contributed by atoms with E-state index in [1.807, 2.05) is 0 Å². The molecule has 520 valence electrons. The molecular weight excluding hydrogens is 1150 g/mol. The maximum atomic E-state index is 13.2. The number of amides is 1. The molecule has 0 aliphatic carbocycles. The number of nitrogens with one attached hydrogen (secondary N) is 1. The van der Waals surface area contributed by atoms with Crippen LogP contribution in [0.15, 0.2) is 85.1 Å². The number of aliphatic hydroxyl groups excluding tert-OH is 11. The average Bonchev–Trinajstić information content (AvgIpc) is 1.63. The Bertz CT molecular complexity index is 1960. The minimum atomic E-state index is -1.97. The zero-order valence-electron chi connectivity index (χ0n) is 54.8. The lowest BCUT2D eigenvalue weighted by molar-refractivity contribution is -0.379. The lowest BCUT2D eigenvalue weighted by Crippen LogP contribution is -2.66. The second-order valence-electron chi connectivity index (χ2n) is 24.6. The average molecular weight is 1280 g/mol. The van der Waals surface area contributed by atoms with Crippen LogP contribution in [0.3, 0.4) is 0 Å². The molecule has 0 aromatic heterocycles. The third-order valence-corrected chi connectivity index (χ3v) is 17.0. The van der Waals surface area contributed by atoms with Gasteiger partial charge in [-0.15, -0.1) is 0 Å².